The van der Waals surface area contributed by atoms with Crippen LogP contribution in [0.2, 0.25) is 0 Å². The van der Waals surface area contributed by atoms with Crippen molar-refractivity contribution in [3.05, 3.63) is 29.8 Å². The van der Waals surface area contributed by atoms with Crippen LogP contribution in [0.1, 0.15) is 57.9 Å². The molecule has 2 unspecified atom stereocenters. The lowest BCUT2D eigenvalue weighted by molar-refractivity contribution is 0.353. The summed E-state index contributed by atoms with van der Waals surface area (Å²) < 4.78 is 21.3. The Kier molecular flexibility index (Phi) is 4.59. The lowest BCUT2D eigenvalue weighted by atomic mass is 9.90. The van der Waals surface area contributed by atoms with Crippen molar-refractivity contribution >= 4 is 10.6 Å². The zero-order valence-electron chi connectivity index (χ0n) is 12.2. The van der Waals surface area contributed by atoms with E-state index in [0.717, 1.165) is 24.2 Å². The van der Waals surface area contributed by atoms with Crippen LogP contribution in [0, 0.1) is 5.92 Å². The molecular weight excluding hydrogens is 256 g/mol. The number of hydrogen-bond acceptors (Lipinski definition) is 2. The van der Waals surface area contributed by atoms with Gasteiger partial charge in [-0.1, -0.05) is 45.7 Å². The molecule has 19 heavy (non-hydrogen) atoms. The minimum absolute atomic E-state index is 0.0335. The zero-order chi connectivity index (χ0) is 14.0. The van der Waals surface area contributed by atoms with Crippen molar-refractivity contribution in [2.75, 3.05) is 0 Å². The number of benzene rings is 1. The lowest BCUT2D eigenvalue weighted by Crippen LogP contribution is -2.28. The first-order valence-electron chi connectivity index (χ1n) is 7.30. The predicted molar refractivity (Wildman–Crippen MR) is 83.1 cm³/mol. The highest BCUT2D eigenvalue weighted by atomic mass is 32.3. The third-order valence-corrected chi connectivity index (χ3v) is 6.86. The van der Waals surface area contributed by atoms with Crippen molar-refractivity contribution in [1.29, 1.82) is 0 Å². The van der Waals surface area contributed by atoms with E-state index in [1.165, 1.54) is 12.0 Å². The molecule has 0 saturated heterocycles. The average molecular weight is 282 g/mol. The van der Waals surface area contributed by atoms with E-state index in [-0.39, 0.29) is 5.25 Å². The van der Waals surface area contributed by atoms with Crippen molar-refractivity contribution < 1.29 is 9.11 Å². The van der Waals surface area contributed by atoms with Gasteiger partial charge in [-0.2, -0.15) is 10.6 Å². The maximum atomic E-state index is 10.6. The van der Waals surface area contributed by atoms with Crippen molar-refractivity contribution in [2.24, 2.45) is 5.92 Å². The fourth-order valence-electron chi connectivity index (χ4n) is 3.00. The van der Waals surface area contributed by atoms with Crippen molar-refractivity contribution in [2.45, 2.75) is 62.5 Å². The molecule has 1 aromatic rings. The quantitative estimate of drug-likeness (QED) is 0.768. The first-order valence-corrected chi connectivity index (χ1v) is 8.91. The number of rotatable bonds is 3. The Morgan fingerprint density at radius 1 is 1.05 bits per heavy atom. The summed E-state index contributed by atoms with van der Waals surface area (Å²) in [5.74, 6) is 0.882. The summed E-state index contributed by atoms with van der Waals surface area (Å²) in [5, 5.41) is 0.0335. The molecule has 0 spiro atoms. The van der Waals surface area contributed by atoms with Crippen LogP contribution < -0.4 is 0 Å². The van der Waals surface area contributed by atoms with E-state index in [0.29, 0.717) is 11.8 Å². The molecule has 0 aliphatic heterocycles. The third kappa shape index (κ3) is 3.15. The van der Waals surface area contributed by atoms with Gasteiger partial charge in [0.15, 0.2) is 0 Å². The molecule has 1 aromatic carbocycles. The second-order valence-corrected chi connectivity index (χ2v) is 8.38. The van der Waals surface area contributed by atoms with Gasteiger partial charge in [-0.25, -0.2) is 0 Å². The number of hydrogen-bond donors (Lipinski definition) is 2. The van der Waals surface area contributed by atoms with E-state index >= 15 is 0 Å². The normalized spacial score (nSPS) is 25.6. The molecule has 1 aliphatic carbocycles. The van der Waals surface area contributed by atoms with Gasteiger partial charge in [0.25, 0.3) is 0 Å². The molecular formula is C16H26O2S. The smallest absolute Gasteiger partial charge is 0.0587 e. The molecule has 2 rings (SSSR count). The Balaban J connectivity index is 2.22. The molecule has 0 bridgehead atoms. The van der Waals surface area contributed by atoms with Crippen LogP contribution in [0.25, 0.3) is 0 Å². The van der Waals surface area contributed by atoms with E-state index in [9.17, 15) is 9.11 Å². The topological polar surface area (TPSA) is 40.5 Å². The van der Waals surface area contributed by atoms with E-state index in [1.807, 2.05) is 24.3 Å². The second-order valence-electron chi connectivity index (χ2n) is 6.12. The summed E-state index contributed by atoms with van der Waals surface area (Å²) in [6.45, 7) is 6.45. The van der Waals surface area contributed by atoms with Crippen LogP contribution in [0.3, 0.4) is 0 Å². The van der Waals surface area contributed by atoms with Gasteiger partial charge in [0, 0.05) is 0 Å². The molecule has 0 heterocycles. The highest BCUT2D eigenvalue weighted by Gasteiger charge is 2.34. The second kappa shape index (κ2) is 5.86. The summed E-state index contributed by atoms with van der Waals surface area (Å²) in [6.07, 6.45) is 4.40. The molecule has 1 aliphatic rings. The minimum Gasteiger partial charge on any atom is -0.295 e. The van der Waals surface area contributed by atoms with Crippen LogP contribution in [-0.4, -0.2) is 14.4 Å². The van der Waals surface area contributed by atoms with Crippen LogP contribution in [-0.2, 0) is 0 Å². The van der Waals surface area contributed by atoms with Crippen LogP contribution in [0.15, 0.2) is 29.2 Å². The van der Waals surface area contributed by atoms with Gasteiger partial charge >= 0.3 is 0 Å². The maximum Gasteiger partial charge on any atom is 0.0587 e. The molecule has 108 valence electrons. The molecule has 0 radical (unpaired) electrons. The Hall–Kier alpha value is -0.510. The summed E-state index contributed by atoms with van der Waals surface area (Å²) in [5.41, 5.74) is 1.25. The van der Waals surface area contributed by atoms with Crippen molar-refractivity contribution in [3.63, 3.8) is 0 Å². The Morgan fingerprint density at radius 2 is 1.63 bits per heavy atom. The molecule has 2 nitrogen and oxygen atoms in total. The fraction of sp³-hybridized carbons (Fsp3) is 0.625. The van der Waals surface area contributed by atoms with Crippen LogP contribution in [0.4, 0.5) is 0 Å². The SMILES string of the molecule is CC(C)c1ccc(S(O)(O)C2CCCCC2C)cc1. The molecule has 1 fully saturated rings. The summed E-state index contributed by atoms with van der Waals surface area (Å²) in [6, 6.07) is 7.88. The standard InChI is InChI=1S/C16H26O2S/c1-12(2)14-8-10-15(11-9-14)19(17,18)16-7-5-4-6-13(16)3/h8-13,16-18H,4-7H2,1-3H3. The predicted octanol–water partition coefficient (Wildman–Crippen LogP) is 5.50. The van der Waals surface area contributed by atoms with Gasteiger partial charge in [-0.05, 0) is 42.4 Å². The molecule has 2 atom stereocenters. The summed E-state index contributed by atoms with van der Waals surface area (Å²) in [4.78, 5) is 0.718. The monoisotopic (exact) mass is 282 g/mol. The summed E-state index contributed by atoms with van der Waals surface area (Å²) >= 11 is 0. The van der Waals surface area contributed by atoms with Crippen LogP contribution >= 0.6 is 10.6 Å². The first kappa shape index (κ1) is 14.9. The highest BCUT2D eigenvalue weighted by Crippen LogP contribution is 2.58. The van der Waals surface area contributed by atoms with Gasteiger partial charge in [-0.3, -0.25) is 9.11 Å². The Morgan fingerprint density at radius 3 is 2.16 bits per heavy atom. The largest absolute Gasteiger partial charge is 0.295 e. The van der Waals surface area contributed by atoms with Gasteiger partial charge in [0.1, 0.15) is 0 Å². The fourth-order valence-corrected chi connectivity index (χ4v) is 5.16. The lowest BCUT2D eigenvalue weighted by Gasteiger charge is -2.45. The summed E-state index contributed by atoms with van der Waals surface area (Å²) in [7, 11) is -2.65. The molecule has 3 heteroatoms. The van der Waals surface area contributed by atoms with E-state index in [4.69, 9.17) is 0 Å². The highest BCUT2D eigenvalue weighted by molar-refractivity contribution is 8.24. The maximum absolute atomic E-state index is 10.6. The van der Waals surface area contributed by atoms with Gasteiger partial charge in [0.05, 0.1) is 10.1 Å². The molecule has 0 amide bonds. The van der Waals surface area contributed by atoms with E-state index < -0.39 is 10.6 Å². The zero-order valence-corrected chi connectivity index (χ0v) is 13.0. The molecule has 1 saturated carbocycles. The van der Waals surface area contributed by atoms with E-state index in [1.54, 1.807) is 0 Å². The van der Waals surface area contributed by atoms with Gasteiger partial charge < -0.3 is 0 Å². The van der Waals surface area contributed by atoms with Gasteiger partial charge in [0.2, 0.25) is 0 Å². The average Bonchev–Trinajstić information content (AvgIpc) is 2.39. The molecule has 0 aromatic heterocycles. The Bertz CT molecular complexity index is 411. The molecule has 2 N–H and O–H groups in total. The van der Waals surface area contributed by atoms with E-state index in [2.05, 4.69) is 20.8 Å². The minimum atomic E-state index is -2.65. The van der Waals surface area contributed by atoms with Crippen molar-refractivity contribution in [1.82, 2.24) is 0 Å². The van der Waals surface area contributed by atoms with Gasteiger partial charge in [-0.15, -0.1) is 0 Å². The first-order chi connectivity index (χ1) is 8.93. The van der Waals surface area contributed by atoms with Crippen LogP contribution in [0.5, 0.6) is 0 Å². The Labute approximate surface area is 118 Å². The third-order valence-electron chi connectivity index (χ3n) is 4.35. The van der Waals surface area contributed by atoms with Crippen molar-refractivity contribution in [3.8, 4) is 0 Å².